The second-order valence-electron chi connectivity index (χ2n) is 4.33. The van der Waals surface area contributed by atoms with E-state index in [9.17, 15) is 4.79 Å². The Labute approximate surface area is 90.9 Å². The molecule has 1 aromatic rings. The molecular weight excluding hydrogens is 186 g/mol. The van der Waals surface area contributed by atoms with Gasteiger partial charge in [0.05, 0.1) is 0 Å². The zero-order valence-electron chi connectivity index (χ0n) is 9.15. The van der Waals surface area contributed by atoms with Crippen molar-refractivity contribution in [1.82, 2.24) is 4.90 Å². The highest BCUT2D eigenvalue weighted by atomic mass is 16.1. The number of ketones is 1. The van der Waals surface area contributed by atoms with Gasteiger partial charge in [-0.2, -0.15) is 0 Å². The van der Waals surface area contributed by atoms with Crippen LogP contribution in [-0.2, 0) is 0 Å². The van der Waals surface area contributed by atoms with Crippen molar-refractivity contribution in [3.05, 3.63) is 35.9 Å². The number of hydrogen-bond acceptors (Lipinski definition) is 2. The summed E-state index contributed by atoms with van der Waals surface area (Å²) in [5.74, 6) is 0.508. The zero-order valence-corrected chi connectivity index (χ0v) is 9.15. The van der Waals surface area contributed by atoms with Gasteiger partial charge in [0.15, 0.2) is 5.78 Å². The Balaban J connectivity index is 2.08. The molecular formula is C13H17NO. The number of carbonyl (C=O) groups is 1. The lowest BCUT2D eigenvalue weighted by Crippen LogP contribution is -2.36. The first kappa shape index (κ1) is 10.4. The van der Waals surface area contributed by atoms with Crippen LogP contribution in [0.4, 0.5) is 0 Å². The monoisotopic (exact) mass is 203 g/mol. The molecule has 0 aromatic heterocycles. The van der Waals surface area contributed by atoms with Crippen LogP contribution in [0.5, 0.6) is 0 Å². The van der Waals surface area contributed by atoms with E-state index in [-0.39, 0.29) is 5.92 Å². The predicted molar refractivity (Wildman–Crippen MR) is 61.0 cm³/mol. The van der Waals surface area contributed by atoms with Crippen LogP contribution in [0.15, 0.2) is 30.3 Å². The molecule has 1 aliphatic rings. The summed E-state index contributed by atoms with van der Waals surface area (Å²) in [6.07, 6.45) is 2.18. The highest BCUT2D eigenvalue weighted by Gasteiger charge is 2.24. The molecule has 1 saturated heterocycles. The largest absolute Gasteiger partial charge is 0.306 e. The van der Waals surface area contributed by atoms with Crippen molar-refractivity contribution in [2.24, 2.45) is 5.92 Å². The minimum Gasteiger partial charge on any atom is -0.306 e. The Hall–Kier alpha value is -1.15. The molecule has 0 bridgehead atoms. The lowest BCUT2D eigenvalue weighted by molar-refractivity contribution is 0.0843. The number of nitrogens with zero attached hydrogens (tertiary/aromatic N) is 1. The lowest BCUT2D eigenvalue weighted by Gasteiger charge is -2.28. The fraction of sp³-hybridized carbons (Fsp3) is 0.462. The molecule has 1 atom stereocenters. The van der Waals surface area contributed by atoms with E-state index in [0.717, 1.165) is 31.5 Å². The van der Waals surface area contributed by atoms with Gasteiger partial charge in [-0.25, -0.2) is 0 Å². The molecule has 0 spiro atoms. The topological polar surface area (TPSA) is 20.3 Å². The molecule has 1 unspecified atom stereocenters. The smallest absolute Gasteiger partial charge is 0.167 e. The minimum absolute atomic E-state index is 0.200. The highest BCUT2D eigenvalue weighted by molar-refractivity contribution is 5.98. The first-order chi connectivity index (χ1) is 7.27. The molecule has 0 N–H and O–H groups in total. The van der Waals surface area contributed by atoms with Crippen LogP contribution in [0.1, 0.15) is 23.2 Å². The van der Waals surface area contributed by atoms with Crippen LogP contribution in [0.25, 0.3) is 0 Å². The molecule has 2 nitrogen and oxygen atoms in total. The van der Waals surface area contributed by atoms with E-state index in [4.69, 9.17) is 0 Å². The summed E-state index contributed by atoms with van der Waals surface area (Å²) >= 11 is 0. The van der Waals surface area contributed by atoms with E-state index in [0.29, 0.717) is 5.78 Å². The van der Waals surface area contributed by atoms with Crippen LogP contribution in [0.2, 0.25) is 0 Å². The van der Waals surface area contributed by atoms with E-state index in [2.05, 4.69) is 11.9 Å². The quantitative estimate of drug-likeness (QED) is 0.687. The molecule has 1 fully saturated rings. The maximum atomic E-state index is 12.1. The van der Waals surface area contributed by atoms with Gasteiger partial charge in [0.1, 0.15) is 0 Å². The molecule has 2 heteroatoms. The van der Waals surface area contributed by atoms with Gasteiger partial charge in [0, 0.05) is 18.0 Å². The van der Waals surface area contributed by atoms with Crippen LogP contribution < -0.4 is 0 Å². The third-order valence-corrected chi connectivity index (χ3v) is 3.05. The van der Waals surface area contributed by atoms with Gasteiger partial charge < -0.3 is 4.90 Å². The first-order valence-electron chi connectivity index (χ1n) is 5.55. The van der Waals surface area contributed by atoms with Gasteiger partial charge in [0.2, 0.25) is 0 Å². The third-order valence-electron chi connectivity index (χ3n) is 3.05. The van der Waals surface area contributed by atoms with Crippen molar-refractivity contribution in [3.63, 3.8) is 0 Å². The summed E-state index contributed by atoms with van der Waals surface area (Å²) in [5, 5.41) is 0. The number of likely N-dealkylation sites (tertiary alicyclic amines) is 1. The van der Waals surface area contributed by atoms with Gasteiger partial charge >= 0.3 is 0 Å². The van der Waals surface area contributed by atoms with E-state index >= 15 is 0 Å². The SMILES string of the molecule is CN1CCCC(C(=O)c2ccccc2)C1. The average Bonchev–Trinajstić information content (AvgIpc) is 2.29. The van der Waals surface area contributed by atoms with E-state index in [1.807, 2.05) is 30.3 Å². The molecule has 1 heterocycles. The molecule has 0 amide bonds. The molecule has 2 rings (SSSR count). The Morgan fingerprint density at radius 1 is 1.33 bits per heavy atom. The summed E-state index contributed by atoms with van der Waals surface area (Å²) in [6.45, 7) is 2.03. The first-order valence-corrected chi connectivity index (χ1v) is 5.55. The lowest BCUT2D eigenvalue weighted by atomic mass is 9.90. The van der Waals surface area contributed by atoms with Crippen LogP contribution >= 0.6 is 0 Å². The summed E-state index contributed by atoms with van der Waals surface area (Å²) < 4.78 is 0. The number of piperidine rings is 1. The summed E-state index contributed by atoms with van der Waals surface area (Å²) in [5.41, 5.74) is 0.859. The van der Waals surface area contributed by atoms with Gasteiger partial charge in [-0.15, -0.1) is 0 Å². The summed E-state index contributed by atoms with van der Waals surface area (Å²) in [4.78, 5) is 14.4. The number of carbonyl (C=O) groups excluding carboxylic acids is 1. The normalized spacial score (nSPS) is 22.6. The van der Waals surface area contributed by atoms with Gasteiger partial charge in [0.25, 0.3) is 0 Å². The van der Waals surface area contributed by atoms with E-state index < -0.39 is 0 Å². The second-order valence-corrected chi connectivity index (χ2v) is 4.33. The van der Waals surface area contributed by atoms with Crippen molar-refractivity contribution in [1.29, 1.82) is 0 Å². The zero-order chi connectivity index (χ0) is 10.7. The number of rotatable bonds is 2. The Morgan fingerprint density at radius 3 is 2.73 bits per heavy atom. The van der Waals surface area contributed by atoms with Crippen LogP contribution in [0.3, 0.4) is 0 Å². The van der Waals surface area contributed by atoms with Gasteiger partial charge in [-0.1, -0.05) is 30.3 Å². The highest BCUT2D eigenvalue weighted by Crippen LogP contribution is 2.19. The molecule has 1 aliphatic heterocycles. The number of benzene rings is 1. The van der Waals surface area contributed by atoms with E-state index in [1.165, 1.54) is 0 Å². The maximum Gasteiger partial charge on any atom is 0.167 e. The Bertz CT molecular complexity index is 334. The molecule has 0 radical (unpaired) electrons. The Morgan fingerprint density at radius 2 is 2.07 bits per heavy atom. The third kappa shape index (κ3) is 2.45. The van der Waals surface area contributed by atoms with Gasteiger partial charge in [-0.3, -0.25) is 4.79 Å². The Kier molecular flexibility index (Phi) is 3.17. The van der Waals surface area contributed by atoms with Crippen molar-refractivity contribution in [2.75, 3.05) is 20.1 Å². The predicted octanol–water partition coefficient (Wildman–Crippen LogP) is 2.21. The van der Waals surface area contributed by atoms with E-state index in [1.54, 1.807) is 0 Å². The minimum atomic E-state index is 0.200. The second kappa shape index (κ2) is 4.58. The molecule has 0 aliphatic carbocycles. The van der Waals surface area contributed by atoms with Crippen LogP contribution in [0, 0.1) is 5.92 Å². The van der Waals surface area contributed by atoms with Gasteiger partial charge in [-0.05, 0) is 26.4 Å². The number of hydrogen-bond donors (Lipinski definition) is 0. The summed E-state index contributed by atoms with van der Waals surface area (Å²) in [6, 6.07) is 9.64. The fourth-order valence-corrected chi connectivity index (χ4v) is 2.22. The molecule has 15 heavy (non-hydrogen) atoms. The van der Waals surface area contributed by atoms with Crippen LogP contribution in [-0.4, -0.2) is 30.8 Å². The average molecular weight is 203 g/mol. The standard InChI is InChI=1S/C13H17NO/c1-14-9-5-8-12(10-14)13(15)11-6-3-2-4-7-11/h2-4,6-7,12H,5,8-10H2,1H3. The maximum absolute atomic E-state index is 12.1. The van der Waals surface area contributed by atoms with Crippen molar-refractivity contribution < 1.29 is 4.79 Å². The van der Waals surface area contributed by atoms with Crippen molar-refractivity contribution >= 4 is 5.78 Å². The fourth-order valence-electron chi connectivity index (χ4n) is 2.22. The summed E-state index contributed by atoms with van der Waals surface area (Å²) in [7, 11) is 2.09. The molecule has 1 aromatic carbocycles. The van der Waals surface area contributed by atoms with Crippen molar-refractivity contribution in [3.8, 4) is 0 Å². The number of Topliss-reactive ketones (excluding diaryl/α,β-unsaturated/α-hetero) is 1. The molecule has 80 valence electrons. The molecule has 0 saturated carbocycles. The van der Waals surface area contributed by atoms with Crippen molar-refractivity contribution in [2.45, 2.75) is 12.8 Å².